The summed E-state index contributed by atoms with van der Waals surface area (Å²) in [7, 11) is 0. The second-order valence-electron chi connectivity index (χ2n) is 8.04. The van der Waals surface area contributed by atoms with Crippen molar-refractivity contribution in [1.29, 1.82) is 0 Å². The lowest BCUT2D eigenvalue weighted by Gasteiger charge is -2.36. The summed E-state index contributed by atoms with van der Waals surface area (Å²) in [5.41, 5.74) is 1.12. The summed E-state index contributed by atoms with van der Waals surface area (Å²) in [6.45, 7) is 3.27. The van der Waals surface area contributed by atoms with Gasteiger partial charge in [0.2, 0.25) is 5.91 Å². The number of carbonyl (C=O) groups is 1. The fraction of sp³-hybridized carbons (Fsp3) is 0.522. The van der Waals surface area contributed by atoms with Crippen molar-refractivity contribution in [2.24, 2.45) is 5.92 Å². The summed E-state index contributed by atoms with van der Waals surface area (Å²) in [6, 6.07) is 15.4. The van der Waals surface area contributed by atoms with Gasteiger partial charge in [-0.2, -0.15) is 0 Å². The van der Waals surface area contributed by atoms with Gasteiger partial charge in [0, 0.05) is 12.6 Å². The monoisotopic (exact) mass is 350 g/mol. The van der Waals surface area contributed by atoms with Crippen LogP contribution in [0, 0.1) is 5.92 Å². The molecule has 1 amide bonds. The highest BCUT2D eigenvalue weighted by molar-refractivity contribution is 5.90. The summed E-state index contributed by atoms with van der Waals surface area (Å²) in [6.07, 6.45) is 8.54. The van der Waals surface area contributed by atoms with Crippen molar-refractivity contribution < 1.29 is 4.79 Å². The maximum absolute atomic E-state index is 12.5. The molecule has 1 aliphatic carbocycles. The number of piperidine rings is 1. The lowest BCUT2D eigenvalue weighted by Crippen LogP contribution is -2.42. The van der Waals surface area contributed by atoms with Gasteiger partial charge in [-0.3, -0.25) is 4.79 Å². The molecule has 0 aromatic heterocycles. The highest BCUT2D eigenvalue weighted by atomic mass is 16.1. The first kappa shape index (κ1) is 17.5. The molecule has 2 aliphatic rings. The summed E-state index contributed by atoms with van der Waals surface area (Å²) in [5, 5.41) is 5.59. The number of hydrogen-bond acceptors (Lipinski definition) is 2. The number of likely N-dealkylation sites (tertiary alicyclic amines) is 1. The van der Waals surface area contributed by atoms with E-state index in [0.717, 1.165) is 18.2 Å². The summed E-state index contributed by atoms with van der Waals surface area (Å²) >= 11 is 0. The summed E-state index contributed by atoms with van der Waals surface area (Å²) < 4.78 is 0. The van der Waals surface area contributed by atoms with E-state index in [1.54, 1.807) is 0 Å². The van der Waals surface area contributed by atoms with Crippen molar-refractivity contribution in [3.05, 3.63) is 48.0 Å². The number of rotatable bonds is 5. The van der Waals surface area contributed by atoms with E-state index in [2.05, 4.69) is 34.5 Å². The lowest BCUT2D eigenvalue weighted by molar-refractivity contribution is -0.120. The Labute approximate surface area is 156 Å². The standard InChI is InChI=1S/C23H30N2O/c26-23(16-20-8-5-7-19-6-1-4-11-22(19)20)24-17-18-12-14-25(15-13-18)21-9-2-3-10-21/h1,4-8,11,18,21H,2-3,9-10,12-17H2,(H,24,26). The molecule has 0 unspecified atom stereocenters. The van der Waals surface area contributed by atoms with E-state index in [9.17, 15) is 4.79 Å². The molecule has 2 aromatic rings. The Hall–Kier alpha value is -1.87. The van der Waals surface area contributed by atoms with Crippen LogP contribution in [0.4, 0.5) is 0 Å². The number of amides is 1. The van der Waals surface area contributed by atoms with Gasteiger partial charge in [-0.05, 0) is 61.0 Å². The Morgan fingerprint density at radius 2 is 1.69 bits per heavy atom. The third kappa shape index (κ3) is 4.09. The van der Waals surface area contributed by atoms with E-state index in [4.69, 9.17) is 0 Å². The van der Waals surface area contributed by atoms with Gasteiger partial charge in [0.15, 0.2) is 0 Å². The molecule has 0 spiro atoms. The Morgan fingerprint density at radius 1 is 0.962 bits per heavy atom. The van der Waals surface area contributed by atoms with Crippen molar-refractivity contribution in [3.8, 4) is 0 Å². The molecule has 1 saturated heterocycles. The third-order valence-electron chi connectivity index (χ3n) is 6.31. The van der Waals surface area contributed by atoms with Gasteiger partial charge in [0.1, 0.15) is 0 Å². The summed E-state index contributed by atoms with van der Waals surface area (Å²) in [5.74, 6) is 0.795. The largest absolute Gasteiger partial charge is 0.356 e. The van der Waals surface area contributed by atoms with Crippen LogP contribution in [-0.4, -0.2) is 36.5 Å². The molecule has 2 fully saturated rings. The molecule has 1 heterocycles. The van der Waals surface area contributed by atoms with Gasteiger partial charge in [0.05, 0.1) is 6.42 Å². The van der Waals surface area contributed by atoms with Crippen LogP contribution in [0.5, 0.6) is 0 Å². The smallest absolute Gasteiger partial charge is 0.224 e. The van der Waals surface area contributed by atoms with Gasteiger partial charge in [-0.1, -0.05) is 55.3 Å². The lowest BCUT2D eigenvalue weighted by atomic mass is 9.95. The molecule has 138 valence electrons. The molecule has 1 saturated carbocycles. The molecule has 1 aliphatic heterocycles. The van der Waals surface area contributed by atoms with Gasteiger partial charge in [0.25, 0.3) is 0 Å². The molecular formula is C23H30N2O. The quantitative estimate of drug-likeness (QED) is 0.878. The Morgan fingerprint density at radius 3 is 2.50 bits per heavy atom. The van der Waals surface area contributed by atoms with Crippen LogP contribution in [-0.2, 0) is 11.2 Å². The minimum Gasteiger partial charge on any atom is -0.356 e. The fourth-order valence-electron chi connectivity index (χ4n) is 4.73. The maximum Gasteiger partial charge on any atom is 0.224 e. The number of nitrogens with zero attached hydrogens (tertiary/aromatic N) is 1. The molecule has 0 atom stereocenters. The zero-order chi connectivity index (χ0) is 17.8. The Bertz CT molecular complexity index is 737. The van der Waals surface area contributed by atoms with E-state index in [0.29, 0.717) is 12.3 Å². The van der Waals surface area contributed by atoms with Crippen LogP contribution >= 0.6 is 0 Å². The van der Waals surface area contributed by atoms with Gasteiger partial charge in [-0.25, -0.2) is 0 Å². The van der Waals surface area contributed by atoms with E-state index in [1.807, 2.05) is 18.2 Å². The zero-order valence-corrected chi connectivity index (χ0v) is 15.6. The second kappa shape index (κ2) is 8.22. The van der Waals surface area contributed by atoms with Gasteiger partial charge >= 0.3 is 0 Å². The predicted octanol–water partition coefficient (Wildman–Crippen LogP) is 4.15. The molecule has 3 nitrogen and oxygen atoms in total. The van der Waals surface area contributed by atoms with Crippen LogP contribution in [0.3, 0.4) is 0 Å². The number of hydrogen-bond donors (Lipinski definition) is 1. The number of fused-ring (bicyclic) bond motifs is 1. The average molecular weight is 351 g/mol. The van der Waals surface area contributed by atoms with Crippen LogP contribution in [0.2, 0.25) is 0 Å². The minimum atomic E-state index is 0.152. The molecule has 26 heavy (non-hydrogen) atoms. The Kier molecular flexibility index (Phi) is 5.54. The van der Waals surface area contributed by atoms with Crippen molar-refractivity contribution in [2.45, 2.75) is 51.0 Å². The van der Waals surface area contributed by atoms with Gasteiger partial charge < -0.3 is 10.2 Å². The predicted molar refractivity (Wildman–Crippen MR) is 107 cm³/mol. The second-order valence-corrected chi connectivity index (χ2v) is 8.04. The molecular weight excluding hydrogens is 320 g/mol. The normalized spacial score (nSPS) is 19.8. The van der Waals surface area contributed by atoms with Crippen molar-refractivity contribution >= 4 is 16.7 Å². The Balaban J connectivity index is 1.25. The first-order valence-electron chi connectivity index (χ1n) is 10.3. The van der Waals surface area contributed by atoms with Gasteiger partial charge in [-0.15, -0.1) is 0 Å². The number of nitrogens with one attached hydrogen (secondary N) is 1. The van der Waals surface area contributed by atoms with Crippen molar-refractivity contribution in [2.75, 3.05) is 19.6 Å². The van der Waals surface area contributed by atoms with Crippen molar-refractivity contribution in [3.63, 3.8) is 0 Å². The SMILES string of the molecule is O=C(Cc1cccc2ccccc12)NCC1CCN(C2CCCC2)CC1. The van der Waals surface area contributed by atoms with Crippen LogP contribution in [0.1, 0.15) is 44.1 Å². The number of benzene rings is 2. The third-order valence-corrected chi connectivity index (χ3v) is 6.31. The number of carbonyl (C=O) groups excluding carboxylic acids is 1. The van der Waals surface area contributed by atoms with E-state index >= 15 is 0 Å². The van der Waals surface area contributed by atoms with Crippen LogP contribution in [0.15, 0.2) is 42.5 Å². The first-order chi connectivity index (χ1) is 12.8. The molecule has 0 bridgehead atoms. The van der Waals surface area contributed by atoms with Crippen LogP contribution < -0.4 is 5.32 Å². The summed E-state index contributed by atoms with van der Waals surface area (Å²) in [4.78, 5) is 15.1. The fourth-order valence-corrected chi connectivity index (χ4v) is 4.73. The first-order valence-corrected chi connectivity index (χ1v) is 10.3. The van der Waals surface area contributed by atoms with E-state index in [1.165, 1.54) is 62.4 Å². The zero-order valence-electron chi connectivity index (χ0n) is 15.6. The molecule has 2 aromatic carbocycles. The molecule has 0 radical (unpaired) electrons. The highest BCUT2D eigenvalue weighted by Gasteiger charge is 2.27. The van der Waals surface area contributed by atoms with Crippen molar-refractivity contribution in [1.82, 2.24) is 10.2 Å². The topological polar surface area (TPSA) is 32.3 Å². The highest BCUT2D eigenvalue weighted by Crippen LogP contribution is 2.27. The van der Waals surface area contributed by atoms with E-state index < -0.39 is 0 Å². The molecule has 1 N–H and O–H groups in total. The molecule has 4 rings (SSSR count). The minimum absolute atomic E-state index is 0.152. The average Bonchev–Trinajstić information content (AvgIpc) is 3.22. The molecule has 3 heteroatoms. The van der Waals surface area contributed by atoms with E-state index in [-0.39, 0.29) is 5.91 Å². The van der Waals surface area contributed by atoms with Crippen LogP contribution in [0.25, 0.3) is 10.8 Å². The maximum atomic E-state index is 12.5.